The van der Waals surface area contributed by atoms with Crippen LogP contribution in [-0.4, -0.2) is 59.0 Å². The highest BCUT2D eigenvalue weighted by Gasteiger charge is 2.23. The topological polar surface area (TPSA) is 60.9 Å². The number of amides is 2. The van der Waals surface area contributed by atoms with E-state index in [2.05, 4.69) is 0 Å². The zero-order chi connectivity index (χ0) is 16.0. The van der Waals surface area contributed by atoms with Crippen LogP contribution in [0.1, 0.15) is 31.1 Å². The van der Waals surface area contributed by atoms with Crippen molar-refractivity contribution in [2.75, 3.05) is 26.7 Å². The van der Waals surface area contributed by atoms with Gasteiger partial charge in [0.1, 0.15) is 0 Å². The van der Waals surface area contributed by atoms with Gasteiger partial charge in [0.05, 0.1) is 12.1 Å². The van der Waals surface area contributed by atoms with Crippen LogP contribution >= 0.6 is 0 Å². The van der Waals surface area contributed by atoms with Gasteiger partial charge in [-0.3, -0.25) is 9.59 Å². The number of carbonyl (C=O) groups excluding carboxylic acids is 2. The van der Waals surface area contributed by atoms with Crippen LogP contribution in [0.3, 0.4) is 0 Å². The first-order valence-corrected chi connectivity index (χ1v) is 7.05. The lowest BCUT2D eigenvalue weighted by molar-refractivity contribution is -0.134. The van der Waals surface area contributed by atoms with Gasteiger partial charge in [0.25, 0.3) is 5.91 Å². The fraction of sp³-hybridized carbons (Fsp3) is 0.500. The summed E-state index contributed by atoms with van der Waals surface area (Å²) < 4.78 is 0. The Kier molecular flexibility index (Phi) is 5.90. The molecule has 0 unspecified atom stereocenters. The maximum absolute atomic E-state index is 12.2. The Balaban J connectivity index is 2.66. The van der Waals surface area contributed by atoms with Crippen molar-refractivity contribution in [3.8, 4) is 0 Å². The van der Waals surface area contributed by atoms with E-state index < -0.39 is 5.60 Å². The van der Waals surface area contributed by atoms with Crippen molar-refractivity contribution >= 4 is 11.8 Å². The number of hydrogen-bond acceptors (Lipinski definition) is 3. The molecule has 21 heavy (non-hydrogen) atoms. The maximum Gasteiger partial charge on any atom is 0.254 e. The summed E-state index contributed by atoms with van der Waals surface area (Å²) in [7, 11) is 1.60. The highest BCUT2D eigenvalue weighted by atomic mass is 16.3. The van der Waals surface area contributed by atoms with Crippen LogP contribution in [0.15, 0.2) is 30.3 Å². The van der Waals surface area contributed by atoms with E-state index in [0.717, 1.165) is 0 Å². The van der Waals surface area contributed by atoms with Crippen LogP contribution in [0.4, 0.5) is 0 Å². The lowest BCUT2D eigenvalue weighted by Gasteiger charge is -2.29. The molecule has 0 bridgehead atoms. The predicted octanol–water partition coefficient (Wildman–Crippen LogP) is 1.38. The molecule has 0 spiro atoms. The molecule has 0 saturated carbocycles. The normalized spacial score (nSPS) is 11.1. The smallest absolute Gasteiger partial charge is 0.254 e. The van der Waals surface area contributed by atoms with Crippen molar-refractivity contribution in [1.82, 2.24) is 9.80 Å². The highest BCUT2D eigenvalue weighted by molar-refractivity contribution is 5.96. The highest BCUT2D eigenvalue weighted by Crippen LogP contribution is 2.07. The molecule has 0 aliphatic rings. The fourth-order valence-corrected chi connectivity index (χ4v) is 2.02. The monoisotopic (exact) mass is 292 g/mol. The van der Waals surface area contributed by atoms with Gasteiger partial charge in [-0.1, -0.05) is 18.2 Å². The molecule has 5 nitrogen and oxygen atoms in total. The van der Waals surface area contributed by atoms with Gasteiger partial charge < -0.3 is 14.9 Å². The second-order valence-electron chi connectivity index (χ2n) is 5.75. The third-order valence-corrected chi connectivity index (χ3v) is 3.05. The molecule has 0 aromatic heterocycles. The molecule has 1 aromatic carbocycles. The number of nitrogens with zero attached hydrogens (tertiary/aromatic N) is 2. The van der Waals surface area contributed by atoms with Crippen LogP contribution in [0.2, 0.25) is 0 Å². The van der Waals surface area contributed by atoms with Crippen LogP contribution < -0.4 is 0 Å². The Morgan fingerprint density at radius 1 is 1.19 bits per heavy atom. The van der Waals surface area contributed by atoms with E-state index >= 15 is 0 Å². The molecule has 116 valence electrons. The SMILES string of the molecule is CCN(CC(C)(C)O)C(=O)CN(C)C(=O)c1ccccc1. The Bertz CT molecular complexity index is 480. The van der Waals surface area contributed by atoms with E-state index in [-0.39, 0.29) is 24.9 Å². The van der Waals surface area contributed by atoms with E-state index in [1.165, 1.54) is 4.90 Å². The van der Waals surface area contributed by atoms with E-state index in [4.69, 9.17) is 0 Å². The molecule has 0 aliphatic carbocycles. The van der Waals surface area contributed by atoms with Crippen LogP contribution in [0, 0.1) is 0 Å². The first kappa shape index (κ1) is 17.2. The van der Waals surface area contributed by atoms with Gasteiger partial charge in [-0.05, 0) is 32.9 Å². The average molecular weight is 292 g/mol. The van der Waals surface area contributed by atoms with Gasteiger partial charge >= 0.3 is 0 Å². The molecule has 0 radical (unpaired) electrons. The molecule has 2 amide bonds. The zero-order valence-corrected chi connectivity index (χ0v) is 13.2. The van der Waals surface area contributed by atoms with E-state index in [9.17, 15) is 14.7 Å². The molecular weight excluding hydrogens is 268 g/mol. The predicted molar refractivity (Wildman–Crippen MR) is 82.0 cm³/mol. The number of aliphatic hydroxyl groups is 1. The van der Waals surface area contributed by atoms with Crippen molar-refractivity contribution in [3.05, 3.63) is 35.9 Å². The molecule has 5 heteroatoms. The third-order valence-electron chi connectivity index (χ3n) is 3.05. The summed E-state index contributed by atoms with van der Waals surface area (Å²) in [4.78, 5) is 27.3. The molecule has 1 N–H and O–H groups in total. The van der Waals surface area contributed by atoms with Gasteiger partial charge in [-0.2, -0.15) is 0 Å². The Morgan fingerprint density at radius 2 is 1.76 bits per heavy atom. The number of carbonyl (C=O) groups is 2. The van der Waals surface area contributed by atoms with Crippen molar-refractivity contribution in [2.45, 2.75) is 26.4 Å². The first-order valence-electron chi connectivity index (χ1n) is 7.05. The van der Waals surface area contributed by atoms with Gasteiger partial charge in [-0.15, -0.1) is 0 Å². The first-order chi connectivity index (χ1) is 9.74. The molecule has 1 aromatic rings. The molecule has 0 heterocycles. The second-order valence-corrected chi connectivity index (χ2v) is 5.75. The van der Waals surface area contributed by atoms with Crippen molar-refractivity contribution in [2.24, 2.45) is 0 Å². The molecule has 1 rings (SSSR count). The van der Waals surface area contributed by atoms with Gasteiger partial charge in [0.15, 0.2) is 0 Å². The fourth-order valence-electron chi connectivity index (χ4n) is 2.02. The summed E-state index contributed by atoms with van der Waals surface area (Å²) in [5.41, 5.74) is -0.397. The van der Waals surface area contributed by atoms with Crippen LogP contribution in [0.5, 0.6) is 0 Å². The summed E-state index contributed by atoms with van der Waals surface area (Å²) >= 11 is 0. The molecule has 0 saturated heterocycles. The second kappa shape index (κ2) is 7.22. The summed E-state index contributed by atoms with van der Waals surface area (Å²) in [6, 6.07) is 8.85. The minimum absolute atomic E-state index is 0.00233. The summed E-state index contributed by atoms with van der Waals surface area (Å²) in [5, 5.41) is 9.81. The summed E-state index contributed by atoms with van der Waals surface area (Å²) in [6.07, 6.45) is 0. The van der Waals surface area contributed by atoms with Crippen LogP contribution in [0.25, 0.3) is 0 Å². The third kappa shape index (κ3) is 5.55. The molecule has 0 atom stereocenters. The quantitative estimate of drug-likeness (QED) is 0.861. The van der Waals surface area contributed by atoms with Crippen molar-refractivity contribution in [3.63, 3.8) is 0 Å². The Morgan fingerprint density at radius 3 is 2.24 bits per heavy atom. The Labute approximate surface area is 126 Å². The average Bonchev–Trinajstić information content (AvgIpc) is 2.43. The Hall–Kier alpha value is -1.88. The van der Waals surface area contributed by atoms with Crippen LogP contribution in [-0.2, 0) is 4.79 Å². The lowest BCUT2D eigenvalue weighted by atomic mass is 10.1. The van der Waals surface area contributed by atoms with Crippen molar-refractivity contribution in [1.29, 1.82) is 0 Å². The molecule has 0 aliphatic heterocycles. The number of benzene rings is 1. The zero-order valence-electron chi connectivity index (χ0n) is 13.2. The van der Waals surface area contributed by atoms with Gasteiger partial charge in [-0.25, -0.2) is 0 Å². The summed E-state index contributed by atoms with van der Waals surface area (Å²) in [5.74, 6) is -0.366. The number of likely N-dealkylation sites (N-methyl/N-ethyl adjacent to an activating group) is 2. The standard InChI is InChI=1S/C16H24N2O3/c1-5-18(12-16(2,3)21)14(19)11-17(4)15(20)13-9-7-6-8-10-13/h6-10,21H,5,11-12H2,1-4H3. The van der Waals surface area contributed by atoms with Gasteiger partial charge in [0, 0.05) is 25.7 Å². The number of hydrogen-bond donors (Lipinski definition) is 1. The minimum atomic E-state index is -0.951. The van der Waals surface area contributed by atoms with E-state index in [1.807, 2.05) is 13.0 Å². The lowest BCUT2D eigenvalue weighted by Crippen LogP contribution is -2.46. The van der Waals surface area contributed by atoms with E-state index in [0.29, 0.717) is 12.1 Å². The minimum Gasteiger partial charge on any atom is -0.389 e. The molecular formula is C16H24N2O3. The molecule has 0 fully saturated rings. The number of rotatable bonds is 6. The van der Waals surface area contributed by atoms with Crippen molar-refractivity contribution < 1.29 is 14.7 Å². The van der Waals surface area contributed by atoms with E-state index in [1.54, 1.807) is 50.1 Å². The largest absolute Gasteiger partial charge is 0.389 e. The van der Waals surface area contributed by atoms with Gasteiger partial charge in [0.2, 0.25) is 5.91 Å². The summed E-state index contributed by atoms with van der Waals surface area (Å²) in [6.45, 7) is 5.90. The maximum atomic E-state index is 12.2.